The van der Waals surface area contributed by atoms with Gasteiger partial charge in [0.1, 0.15) is 19.3 Å². The minimum Gasteiger partial charge on any atom is -0.462 e. The number of allylic oxidation sites excluding steroid dienone is 4. The normalized spacial score (nSPS) is 14.2. The monoisotopic (exact) mass is 1410 g/mol. The van der Waals surface area contributed by atoms with Gasteiger partial charge >= 0.3 is 39.5 Å². The zero-order valence-corrected chi connectivity index (χ0v) is 64.1. The molecule has 0 radical (unpaired) electrons. The van der Waals surface area contributed by atoms with Gasteiger partial charge in [0, 0.05) is 25.7 Å². The molecule has 3 N–H and O–H groups in total. The van der Waals surface area contributed by atoms with Crippen molar-refractivity contribution in [2.75, 3.05) is 39.6 Å². The van der Waals surface area contributed by atoms with Gasteiger partial charge in [0.25, 0.3) is 0 Å². The number of unbranched alkanes of at least 4 members (excludes halogenated alkanes) is 38. The first-order valence-electron chi connectivity index (χ1n) is 39.2. The number of ether oxygens (including phenoxy) is 4. The minimum atomic E-state index is -4.97. The molecule has 0 saturated carbocycles. The van der Waals surface area contributed by atoms with Crippen molar-refractivity contribution in [3.8, 4) is 0 Å². The summed E-state index contributed by atoms with van der Waals surface area (Å²) in [5, 5.41) is 10.6. The van der Waals surface area contributed by atoms with E-state index in [-0.39, 0.29) is 25.7 Å². The number of phosphoric ester groups is 2. The van der Waals surface area contributed by atoms with Gasteiger partial charge in [0.15, 0.2) is 12.2 Å². The van der Waals surface area contributed by atoms with E-state index in [1.165, 1.54) is 161 Å². The zero-order valence-electron chi connectivity index (χ0n) is 62.3. The summed E-state index contributed by atoms with van der Waals surface area (Å²) in [7, 11) is -9.93. The predicted molar refractivity (Wildman–Crippen MR) is 390 cm³/mol. The van der Waals surface area contributed by atoms with Gasteiger partial charge in [-0.2, -0.15) is 0 Å². The average Bonchev–Trinajstić information content (AvgIpc) is 1.46. The molecule has 0 fully saturated rings. The third kappa shape index (κ3) is 70.0. The summed E-state index contributed by atoms with van der Waals surface area (Å²) in [6.07, 6.45) is 56.3. The topological polar surface area (TPSA) is 237 Å². The van der Waals surface area contributed by atoms with Crippen LogP contribution in [-0.2, 0) is 65.4 Å². The number of phosphoric acid groups is 2. The van der Waals surface area contributed by atoms with E-state index in [0.29, 0.717) is 31.6 Å². The molecule has 566 valence electrons. The summed E-state index contributed by atoms with van der Waals surface area (Å²) in [5.74, 6) is 0.121. The van der Waals surface area contributed by atoms with E-state index < -0.39 is 97.5 Å². The highest BCUT2D eigenvalue weighted by molar-refractivity contribution is 7.47. The van der Waals surface area contributed by atoms with Gasteiger partial charge in [0.2, 0.25) is 0 Å². The first kappa shape index (κ1) is 93.5. The molecule has 0 heterocycles. The average molecular weight is 1410 g/mol. The van der Waals surface area contributed by atoms with E-state index in [0.717, 1.165) is 121 Å². The molecule has 5 atom stereocenters. The lowest BCUT2D eigenvalue weighted by molar-refractivity contribution is -0.161. The van der Waals surface area contributed by atoms with Gasteiger partial charge in [-0.1, -0.05) is 317 Å². The van der Waals surface area contributed by atoms with E-state index in [1.54, 1.807) is 0 Å². The first-order valence-corrected chi connectivity index (χ1v) is 42.2. The first-order chi connectivity index (χ1) is 46.2. The summed E-state index contributed by atoms with van der Waals surface area (Å²) in [4.78, 5) is 72.8. The Hall–Kier alpha value is -2.46. The Kier molecular flexibility index (Phi) is 65.3. The van der Waals surface area contributed by atoms with Crippen LogP contribution in [0, 0.1) is 17.8 Å². The van der Waals surface area contributed by atoms with Crippen molar-refractivity contribution in [3.63, 3.8) is 0 Å². The van der Waals surface area contributed by atoms with Gasteiger partial charge in [-0.25, -0.2) is 9.13 Å². The fourth-order valence-corrected chi connectivity index (χ4v) is 12.8. The molecule has 0 aliphatic rings. The van der Waals surface area contributed by atoms with Crippen molar-refractivity contribution in [1.82, 2.24) is 0 Å². The van der Waals surface area contributed by atoms with E-state index in [4.69, 9.17) is 37.0 Å². The van der Waals surface area contributed by atoms with Crippen LogP contribution in [0.2, 0.25) is 0 Å². The Morgan fingerprint density at radius 2 is 0.562 bits per heavy atom. The van der Waals surface area contributed by atoms with Crippen LogP contribution in [0.3, 0.4) is 0 Å². The Morgan fingerprint density at radius 3 is 0.844 bits per heavy atom. The fourth-order valence-electron chi connectivity index (χ4n) is 11.2. The number of hydrogen-bond donors (Lipinski definition) is 3. The second-order valence-corrected chi connectivity index (χ2v) is 31.4. The van der Waals surface area contributed by atoms with Crippen molar-refractivity contribution in [3.05, 3.63) is 24.3 Å². The predicted octanol–water partition coefficient (Wildman–Crippen LogP) is 22.1. The number of carbonyl (C=O) groups is 4. The molecular formula is C77H146O17P2. The SMILES string of the molecule is CCCCCC/C=C\C=C/CCCCCCCC(=O)O[C@H](COC(=O)CCCCCCCCCCCCCCC(C)C)COP(=O)(O)OCC(O)COP(=O)(O)OC[C@@H](COC(=O)CCCCCCCCCC(C)C)OC(=O)CCCCCCCCCCCCCCCC(C)C. The maximum Gasteiger partial charge on any atom is 0.472 e. The minimum absolute atomic E-state index is 0.0847. The van der Waals surface area contributed by atoms with Gasteiger partial charge in [-0.3, -0.25) is 37.3 Å². The number of carbonyl (C=O) groups excluding carboxylic acids is 4. The molecule has 96 heavy (non-hydrogen) atoms. The Morgan fingerprint density at radius 1 is 0.323 bits per heavy atom. The smallest absolute Gasteiger partial charge is 0.462 e. The van der Waals surface area contributed by atoms with Crippen LogP contribution in [-0.4, -0.2) is 96.7 Å². The maximum absolute atomic E-state index is 13.1. The van der Waals surface area contributed by atoms with Crippen molar-refractivity contribution in [2.24, 2.45) is 17.8 Å². The Bertz CT molecular complexity index is 1960. The molecule has 0 amide bonds. The molecule has 3 unspecified atom stereocenters. The van der Waals surface area contributed by atoms with Crippen LogP contribution >= 0.6 is 15.6 Å². The third-order valence-corrected chi connectivity index (χ3v) is 19.2. The molecule has 0 aliphatic carbocycles. The second kappa shape index (κ2) is 67.1. The van der Waals surface area contributed by atoms with Gasteiger partial charge in [0.05, 0.1) is 26.4 Å². The van der Waals surface area contributed by atoms with Crippen LogP contribution in [0.4, 0.5) is 0 Å². The number of hydrogen-bond acceptors (Lipinski definition) is 15. The zero-order chi connectivity index (χ0) is 70.9. The molecule has 17 nitrogen and oxygen atoms in total. The highest BCUT2D eigenvalue weighted by atomic mass is 31.2. The van der Waals surface area contributed by atoms with Gasteiger partial charge < -0.3 is 33.8 Å². The van der Waals surface area contributed by atoms with E-state index >= 15 is 0 Å². The van der Waals surface area contributed by atoms with Crippen LogP contribution < -0.4 is 0 Å². The van der Waals surface area contributed by atoms with E-state index in [2.05, 4.69) is 72.8 Å². The number of aliphatic hydroxyl groups is 1. The van der Waals surface area contributed by atoms with Crippen molar-refractivity contribution in [1.29, 1.82) is 0 Å². The lowest BCUT2D eigenvalue weighted by Crippen LogP contribution is -2.30. The largest absolute Gasteiger partial charge is 0.472 e. The van der Waals surface area contributed by atoms with Crippen molar-refractivity contribution in [2.45, 2.75) is 388 Å². The number of esters is 4. The van der Waals surface area contributed by atoms with E-state index in [1.807, 2.05) is 0 Å². The number of aliphatic hydroxyl groups excluding tert-OH is 1. The van der Waals surface area contributed by atoms with Crippen LogP contribution in [0.5, 0.6) is 0 Å². The Labute approximate surface area is 586 Å². The summed E-state index contributed by atoms with van der Waals surface area (Å²) in [6, 6.07) is 0. The molecule has 0 aromatic rings. The molecule has 0 aromatic carbocycles. The molecule has 0 saturated heterocycles. The fraction of sp³-hybridized carbons (Fsp3) is 0.896. The number of rotatable bonds is 73. The Balaban J connectivity index is 5.29. The lowest BCUT2D eigenvalue weighted by atomic mass is 10.0. The highest BCUT2D eigenvalue weighted by Crippen LogP contribution is 2.45. The van der Waals surface area contributed by atoms with Crippen LogP contribution in [0.25, 0.3) is 0 Å². The van der Waals surface area contributed by atoms with Gasteiger partial charge in [-0.05, 0) is 69.1 Å². The molecule has 0 bridgehead atoms. The third-order valence-electron chi connectivity index (χ3n) is 17.3. The molecule has 19 heteroatoms. The van der Waals surface area contributed by atoms with Gasteiger partial charge in [-0.15, -0.1) is 0 Å². The van der Waals surface area contributed by atoms with Crippen molar-refractivity contribution >= 4 is 39.5 Å². The van der Waals surface area contributed by atoms with Crippen molar-refractivity contribution < 1.29 is 80.2 Å². The highest BCUT2D eigenvalue weighted by Gasteiger charge is 2.30. The quantitative estimate of drug-likeness (QED) is 0.0169. The summed E-state index contributed by atoms with van der Waals surface area (Å²) < 4.78 is 68.5. The molecule has 0 aliphatic heterocycles. The molecule has 0 spiro atoms. The summed E-state index contributed by atoms with van der Waals surface area (Å²) in [5.41, 5.74) is 0. The van der Waals surface area contributed by atoms with Crippen LogP contribution in [0.15, 0.2) is 24.3 Å². The maximum atomic E-state index is 13.1. The molecule has 0 aromatic heterocycles. The molecule has 0 rings (SSSR count). The summed E-state index contributed by atoms with van der Waals surface area (Å²) >= 11 is 0. The summed E-state index contributed by atoms with van der Waals surface area (Å²) in [6.45, 7) is 11.8. The van der Waals surface area contributed by atoms with Crippen LogP contribution in [0.1, 0.15) is 370 Å². The second-order valence-electron chi connectivity index (χ2n) is 28.5. The molecular weight excluding hydrogens is 1260 g/mol. The van der Waals surface area contributed by atoms with E-state index in [9.17, 15) is 43.2 Å². The lowest BCUT2D eigenvalue weighted by Gasteiger charge is -2.21. The standard InChI is InChI=1S/C77H146O17P2/c1-8-9-10-11-12-13-14-15-16-19-26-31-38-46-53-60-76(81)93-72(64-87-74(79)58-51-44-37-30-25-22-21-24-29-35-42-49-56-69(4)5)66-91-95(83,84)89-62-71(78)63-90-96(85,86)92-67-73(65-88-75(80)59-52-45-40-33-36-43-50-57-70(6)7)94-77(82)61-54-47-39-32-27-20-17-18-23-28-34-41-48-55-68(2)3/h13-16,68-73,78H,8-12,17-67H2,1-7H3,(H,83,84)(H,85,86)/b14-13-,16-15-/t71?,72-,73-/m1/s1.